The first-order valence-corrected chi connectivity index (χ1v) is 6.78. The summed E-state index contributed by atoms with van der Waals surface area (Å²) >= 11 is 5.92. The van der Waals surface area contributed by atoms with E-state index >= 15 is 0 Å². The van der Waals surface area contributed by atoms with E-state index in [4.69, 9.17) is 11.6 Å². The van der Waals surface area contributed by atoms with Gasteiger partial charge in [0, 0.05) is 23.7 Å². The largest absolute Gasteiger partial charge is 0.508 e. The third kappa shape index (κ3) is 3.37. The van der Waals surface area contributed by atoms with Gasteiger partial charge in [0.05, 0.1) is 6.10 Å². The van der Waals surface area contributed by atoms with Crippen LogP contribution in [-0.2, 0) is 6.54 Å². The summed E-state index contributed by atoms with van der Waals surface area (Å²) in [7, 11) is 2.01. The van der Waals surface area contributed by atoms with Crippen LogP contribution in [0.2, 0.25) is 5.02 Å². The second kappa shape index (κ2) is 5.91. The van der Waals surface area contributed by atoms with Crippen molar-refractivity contribution in [1.29, 1.82) is 0 Å². The molecule has 0 heterocycles. The van der Waals surface area contributed by atoms with Gasteiger partial charge in [-0.05, 0) is 44.0 Å². The number of aliphatic hydroxyl groups excluding tert-OH is 1. The van der Waals surface area contributed by atoms with Crippen LogP contribution in [0.5, 0.6) is 5.75 Å². The van der Waals surface area contributed by atoms with Crippen molar-refractivity contribution in [1.82, 2.24) is 4.90 Å². The van der Waals surface area contributed by atoms with Crippen molar-refractivity contribution in [2.45, 2.75) is 31.9 Å². The number of halogens is 1. The van der Waals surface area contributed by atoms with Crippen LogP contribution in [0.15, 0.2) is 18.2 Å². The highest BCUT2D eigenvalue weighted by atomic mass is 35.5. The van der Waals surface area contributed by atoms with Gasteiger partial charge in [-0.25, -0.2) is 0 Å². The number of hydrogen-bond donors (Lipinski definition) is 2. The maximum Gasteiger partial charge on any atom is 0.120 e. The summed E-state index contributed by atoms with van der Waals surface area (Å²) in [6.45, 7) is 1.50. The lowest BCUT2D eigenvalue weighted by Crippen LogP contribution is -2.29. The van der Waals surface area contributed by atoms with Crippen LogP contribution in [0.1, 0.15) is 24.8 Å². The van der Waals surface area contributed by atoms with E-state index in [0.29, 0.717) is 17.5 Å². The van der Waals surface area contributed by atoms with E-state index in [1.807, 2.05) is 7.05 Å². The SMILES string of the molecule is CN(Cc1cc(Cl)ccc1O)CC1CCCC1O. The average molecular weight is 270 g/mol. The van der Waals surface area contributed by atoms with Crippen molar-refractivity contribution >= 4 is 11.6 Å². The van der Waals surface area contributed by atoms with Crippen molar-refractivity contribution in [2.24, 2.45) is 5.92 Å². The molecule has 1 aromatic carbocycles. The van der Waals surface area contributed by atoms with Gasteiger partial charge >= 0.3 is 0 Å². The van der Waals surface area contributed by atoms with Crippen LogP contribution in [-0.4, -0.2) is 34.8 Å². The lowest BCUT2D eigenvalue weighted by molar-refractivity contribution is 0.107. The Hall–Kier alpha value is -0.770. The van der Waals surface area contributed by atoms with E-state index in [-0.39, 0.29) is 11.9 Å². The fourth-order valence-electron chi connectivity index (χ4n) is 2.67. The van der Waals surface area contributed by atoms with Crippen LogP contribution < -0.4 is 0 Å². The summed E-state index contributed by atoms with van der Waals surface area (Å²) in [6.07, 6.45) is 2.95. The van der Waals surface area contributed by atoms with E-state index in [1.54, 1.807) is 18.2 Å². The van der Waals surface area contributed by atoms with Crippen molar-refractivity contribution in [3.05, 3.63) is 28.8 Å². The Bertz CT molecular complexity index is 411. The van der Waals surface area contributed by atoms with Gasteiger partial charge in [-0.3, -0.25) is 0 Å². The molecule has 1 aliphatic carbocycles. The molecule has 1 saturated carbocycles. The van der Waals surface area contributed by atoms with E-state index in [1.165, 1.54) is 0 Å². The first-order valence-electron chi connectivity index (χ1n) is 6.40. The van der Waals surface area contributed by atoms with Crippen molar-refractivity contribution in [2.75, 3.05) is 13.6 Å². The number of aromatic hydroxyl groups is 1. The van der Waals surface area contributed by atoms with Crippen molar-refractivity contribution in [3.8, 4) is 5.75 Å². The van der Waals surface area contributed by atoms with E-state index < -0.39 is 0 Å². The molecule has 4 heteroatoms. The highest BCUT2D eigenvalue weighted by Gasteiger charge is 2.26. The van der Waals surface area contributed by atoms with Gasteiger partial charge in [0.2, 0.25) is 0 Å². The summed E-state index contributed by atoms with van der Waals surface area (Å²) in [4.78, 5) is 2.13. The predicted octanol–water partition coefficient (Wildman–Crippen LogP) is 2.64. The zero-order valence-electron chi connectivity index (χ0n) is 10.6. The molecule has 0 bridgehead atoms. The van der Waals surface area contributed by atoms with Gasteiger partial charge in [-0.2, -0.15) is 0 Å². The topological polar surface area (TPSA) is 43.7 Å². The summed E-state index contributed by atoms with van der Waals surface area (Å²) in [5.74, 6) is 0.634. The molecule has 2 N–H and O–H groups in total. The number of phenolic OH excluding ortho intramolecular Hbond substituents is 1. The number of nitrogens with zero attached hydrogens (tertiary/aromatic N) is 1. The van der Waals surface area contributed by atoms with Crippen molar-refractivity contribution in [3.63, 3.8) is 0 Å². The van der Waals surface area contributed by atoms with Gasteiger partial charge in [-0.1, -0.05) is 18.0 Å². The third-order valence-electron chi connectivity index (χ3n) is 3.65. The summed E-state index contributed by atoms with van der Waals surface area (Å²) in [5, 5.41) is 20.2. The molecule has 18 heavy (non-hydrogen) atoms. The number of benzene rings is 1. The van der Waals surface area contributed by atoms with Crippen molar-refractivity contribution < 1.29 is 10.2 Å². The molecule has 0 aliphatic heterocycles. The van der Waals surface area contributed by atoms with Gasteiger partial charge in [0.15, 0.2) is 0 Å². The Kier molecular flexibility index (Phi) is 4.49. The second-order valence-electron chi connectivity index (χ2n) is 5.23. The van der Waals surface area contributed by atoms with Crippen LogP contribution in [0.4, 0.5) is 0 Å². The molecule has 2 unspecified atom stereocenters. The van der Waals surface area contributed by atoms with E-state index in [2.05, 4.69) is 4.90 Å². The standard InChI is InChI=1S/C14H20ClNO2/c1-16(8-10-3-2-4-13(10)17)9-11-7-12(15)5-6-14(11)18/h5-7,10,13,17-18H,2-4,8-9H2,1H3. The highest BCUT2D eigenvalue weighted by Crippen LogP contribution is 2.27. The zero-order valence-corrected chi connectivity index (χ0v) is 11.4. The normalized spacial score (nSPS) is 23.8. The Morgan fingerprint density at radius 1 is 1.39 bits per heavy atom. The molecule has 0 saturated heterocycles. The molecule has 100 valence electrons. The molecule has 1 aliphatic rings. The minimum Gasteiger partial charge on any atom is -0.508 e. The molecule has 0 aromatic heterocycles. The molecular formula is C14H20ClNO2. The predicted molar refractivity (Wildman–Crippen MR) is 72.8 cm³/mol. The molecule has 0 radical (unpaired) electrons. The Morgan fingerprint density at radius 2 is 2.17 bits per heavy atom. The molecule has 1 aromatic rings. The fourth-order valence-corrected chi connectivity index (χ4v) is 2.86. The minimum atomic E-state index is -0.166. The Labute approximate surface area is 113 Å². The summed E-state index contributed by atoms with van der Waals surface area (Å²) in [6, 6.07) is 5.09. The van der Waals surface area contributed by atoms with E-state index in [9.17, 15) is 10.2 Å². The lowest BCUT2D eigenvalue weighted by Gasteiger charge is -2.23. The molecule has 3 nitrogen and oxygen atoms in total. The average Bonchev–Trinajstić information content (AvgIpc) is 2.70. The van der Waals surface area contributed by atoms with Gasteiger partial charge < -0.3 is 15.1 Å². The first-order chi connectivity index (χ1) is 8.56. The van der Waals surface area contributed by atoms with E-state index in [0.717, 1.165) is 31.4 Å². The monoisotopic (exact) mass is 269 g/mol. The lowest BCUT2D eigenvalue weighted by atomic mass is 10.1. The van der Waals surface area contributed by atoms with Gasteiger partial charge in [-0.15, -0.1) is 0 Å². The quantitative estimate of drug-likeness (QED) is 0.883. The molecule has 2 atom stereocenters. The summed E-state index contributed by atoms with van der Waals surface area (Å²) < 4.78 is 0. The maximum atomic E-state index is 9.81. The molecule has 0 spiro atoms. The first kappa shape index (κ1) is 13.7. The highest BCUT2D eigenvalue weighted by molar-refractivity contribution is 6.30. The van der Waals surface area contributed by atoms with Crippen LogP contribution in [0, 0.1) is 5.92 Å². The van der Waals surface area contributed by atoms with Crippen LogP contribution >= 0.6 is 11.6 Å². The fraction of sp³-hybridized carbons (Fsp3) is 0.571. The van der Waals surface area contributed by atoms with Crippen LogP contribution in [0.3, 0.4) is 0 Å². The maximum absolute atomic E-state index is 9.81. The molecule has 0 amide bonds. The zero-order chi connectivity index (χ0) is 13.1. The number of aliphatic hydroxyl groups is 1. The third-order valence-corrected chi connectivity index (χ3v) is 3.88. The minimum absolute atomic E-state index is 0.166. The molecule has 2 rings (SSSR count). The number of hydrogen-bond acceptors (Lipinski definition) is 3. The van der Waals surface area contributed by atoms with Gasteiger partial charge in [0.1, 0.15) is 5.75 Å². The molecule has 1 fully saturated rings. The number of rotatable bonds is 4. The van der Waals surface area contributed by atoms with Crippen LogP contribution in [0.25, 0.3) is 0 Å². The number of phenols is 1. The molecular weight excluding hydrogens is 250 g/mol. The smallest absolute Gasteiger partial charge is 0.120 e. The van der Waals surface area contributed by atoms with Gasteiger partial charge in [0.25, 0.3) is 0 Å². The Morgan fingerprint density at radius 3 is 2.83 bits per heavy atom. The Balaban J connectivity index is 1.94. The second-order valence-corrected chi connectivity index (χ2v) is 5.66. The summed E-state index contributed by atoms with van der Waals surface area (Å²) in [5.41, 5.74) is 0.831.